The molecule has 0 N–H and O–H groups in total. The van der Waals surface area contributed by atoms with Gasteiger partial charge >= 0.3 is 51.4 Å². The van der Waals surface area contributed by atoms with E-state index < -0.39 is 0 Å². The van der Waals surface area contributed by atoms with Gasteiger partial charge in [0.15, 0.2) is 0 Å². The molecule has 31 heavy (non-hydrogen) atoms. The van der Waals surface area contributed by atoms with E-state index in [1.807, 2.05) is 0 Å². The first-order valence-corrected chi connectivity index (χ1v) is 13.7. The molecule has 0 amide bonds. The van der Waals surface area contributed by atoms with Crippen molar-refractivity contribution in [1.82, 2.24) is 0 Å². The van der Waals surface area contributed by atoms with Gasteiger partial charge in [-0.25, -0.2) is 0 Å². The van der Waals surface area contributed by atoms with Gasteiger partial charge in [0.1, 0.15) is 0 Å². The Bertz CT molecular complexity index is 636. The third kappa shape index (κ3) is 4.52. The molecule has 0 saturated heterocycles. The first-order chi connectivity index (χ1) is 14.2. The van der Waals surface area contributed by atoms with Gasteiger partial charge in [0.2, 0.25) is 0 Å². The van der Waals surface area contributed by atoms with E-state index in [0.29, 0.717) is 16.2 Å². The topological polar surface area (TPSA) is 0 Å². The molecule has 4 aliphatic rings. The average molecular weight is 451 g/mol. The second-order valence-corrected chi connectivity index (χ2v) is 13.2. The van der Waals surface area contributed by atoms with Crippen LogP contribution in [0, 0.1) is 64.1 Å². The minimum atomic E-state index is 0. The van der Waals surface area contributed by atoms with Crippen molar-refractivity contribution in [3.05, 3.63) is 18.6 Å². The Balaban J connectivity index is 0.00000272. The molecule has 0 heterocycles. The first-order valence-electron chi connectivity index (χ1n) is 13.7. The van der Waals surface area contributed by atoms with E-state index in [0.717, 1.165) is 41.4 Å². The number of rotatable bonds is 5. The van der Waals surface area contributed by atoms with E-state index in [1.165, 1.54) is 64.2 Å². The molecule has 0 aliphatic heterocycles. The molecule has 0 aromatic rings. The molecule has 9 unspecified atom stereocenters. The van der Waals surface area contributed by atoms with Gasteiger partial charge in [-0.2, -0.15) is 12.8 Å². The zero-order valence-corrected chi connectivity index (χ0v) is 25.5. The molecule has 1 heteroatoms. The van der Waals surface area contributed by atoms with E-state index in [4.69, 9.17) is 0 Å². The molecule has 4 saturated carbocycles. The zero-order valence-electron chi connectivity index (χ0n) is 22.3. The largest absolute Gasteiger partial charge is 1.00 e. The van der Waals surface area contributed by atoms with Gasteiger partial charge < -0.3 is 6.42 Å². The van der Waals surface area contributed by atoms with Crippen molar-refractivity contribution in [3.63, 3.8) is 0 Å². The maximum atomic E-state index is 2.72. The molecule has 0 bridgehead atoms. The smallest absolute Gasteiger partial charge is 0.328 e. The molecule has 0 aromatic carbocycles. The van der Waals surface area contributed by atoms with E-state index in [9.17, 15) is 0 Å². The monoisotopic (exact) mass is 450 g/mol. The van der Waals surface area contributed by atoms with Gasteiger partial charge in [0.25, 0.3) is 0 Å². The normalized spacial score (nSPS) is 46.7. The minimum Gasteiger partial charge on any atom is -0.328 e. The summed E-state index contributed by atoms with van der Waals surface area (Å²) in [6.07, 6.45) is 22.4. The van der Waals surface area contributed by atoms with Crippen molar-refractivity contribution in [2.75, 3.05) is 0 Å². The fraction of sp³-hybridized carbons (Fsp3) is 0.900. The van der Waals surface area contributed by atoms with Crippen LogP contribution in [0.1, 0.15) is 113 Å². The molecule has 172 valence electrons. The molecular weight excluding hydrogens is 399 g/mol. The molecular formula is C30H51K. The summed E-state index contributed by atoms with van der Waals surface area (Å²) in [6, 6.07) is 0. The molecule has 4 aliphatic carbocycles. The van der Waals surface area contributed by atoms with Crippen LogP contribution in [0.5, 0.6) is 0 Å². The summed E-state index contributed by atoms with van der Waals surface area (Å²) in [5.41, 5.74) is 1.77. The van der Waals surface area contributed by atoms with E-state index in [2.05, 4.69) is 67.0 Å². The average Bonchev–Trinajstić information content (AvgIpc) is 3.05. The Kier molecular flexibility index (Phi) is 8.84. The quantitative estimate of drug-likeness (QED) is 0.269. The molecule has 0 aromatic heterocycles. The van der Waals surface area contributed by atoms with E-state index >= 15 is 0 Å². The van der Waals surface area contributed by atoms with Crippen LogP contribution >= 0.6 is 0 Å². The van der Waals surface area contributed by atoms with Crippen molar-refractivity contribution in [3.8, 4) is 0 Å². The number of hydrogen-bond acceptors (Lipinski definition) is 0. The standard InChI is InChI=1S/C30H51.K/c1-8-23(21(2)3)12-11-22(4)25-13-14-26-24-15-19-28(5)17-9-10-18-30(28,7)27(24)16-20-29(25,26)6;/h9,11-12,21-27H,8,10,13-20H2,1-7H3;/q-1;+1/b12-11+;. The Morgan fingerprint density at radius 1 is 0.903 bits per heavy atom. The third-order valence-electron chi connectivity index (χ3n) is 11.8. The van der Waals surface area contributed by atoms with Gasteiger partial charge in [-0.15, -0.1) is 0 Å². The van der Waals surface area contributed by atoms with Crippen LogP contribution in [0.15, 0.2) is 12.2 Å². The van der Waals surface area contributed by atoms with Gasteiger partial charge in [0.05, 0.1) is 0 Å². The maximum absolute atomic E-state index is 2.72. The van der Waals surface area contributed by atoms with Crippen molar-refractivity contribution < 1.29 is 51.4 Å². The molecule has 0 nitrogen and oxygen atoms in total. The SMILES string of the molecule is CCC(/C=C/C(C)C1CCC2C3CCC4(C)C[CH-]CCC4(C)C3CCC12C)C(C)C.[K+]. The van der Waals surface area contributed by atoms with E-state index in [-0.39, 0.29) is 51.4 Å². The van der Waals surface area contributed by atoms with Crippen molar-refractivity contribution in [2.45, 2.75) is 113 Å². The molecule has 0 spiro atoms. The predicted molar refractivity (Wildman–Crippen MR) is 131 cm³/mol. The first kappa shape index (κ1) is 27.0. The summed E-state index contributed by atoms with van der Waals surface area (Å²) in [4.78, 5) is 0. The van der Waals surface area contributed by atoms with Crippen LogP contribution in [0.25, 0.3) is 0 Å². The summed E-state index contributed by atoms with van der Waals surface area (Å²) in [5, 5.41) is 0. The van der Waals surface area contributed by atoms with Gasteiger partial charge in [-0.3, -0.25) is 0 Å². The molecule has 4 fully saturated rings. The molecule has 0 radical (unpaired) electrons. The molecule has 4 rings (SSSR count). The van der Waals surface area contributed by atoms with Crippen LogP contribution < -0.4 is 51.4 Å². The Morgan fingerprint density at radius 2 is 1.65 bits per heavy atom. The summed E-state index contributed by atoms with van der Waals surface area (Å²) < 4.78 is 0. The van der Waals surface area contributed by atoms with Gasteiger partial charge in [-0.1, -0.05) is 72.5 Å². The second-order valence-electron chi connectivity index (χ2n) is 13.2. The summed E-state index contributed by atoms with van der Waals surface area (Å²) >= 11 is 0. The Hall–Kier alpha value is 1.38. The summed E-state index contributed by atoms with van der Waals surface area (Å²) in [6.45, 7) is 17.8. The minimum absolute atomic E-state index is 0. The number of hydrogen-bond donors (Lipinski definition) is 0. The second kappa shape index (κ2) is 10.2. The van der Waals surface area contributed by atoms with E-state index in [1.54, 1.807) is 0 Å². The van der Waals surface area contributed by atoms with Gasteiger partial charge in [0, 0.05) is 0 Å². The summed E-state index contributed by atoms with van der Waals surface area (Å²) in [5.74, 6) is 6.19. The van der Waals surface area contributed by atoms with Gasteiger partial charge in [-0.05, 0) is 97.2 Å². The van der Waals surface area contributed by atoms with Crippen LogP contribution in [0.2, 0.25) is 0 Å². The fourth-order valence-corrected chi connectivity index (χ4v) is 9.53. The van der Waals surface area contributed by atoms with Crippen molar-refractivity contribution in [2.24, 2.45) is 57.7 Å². The molecule has 9 atom stereocenters. The number of allylic oxidation sites excluding steroid dienone is 2. The van der Waals surface area contributed by atoms with Crippen LogP contribution in [-0.4, -0.2) is 0 Å². The number of fused-ring (bicyclic) bond motifs is 5. The fourth-order valence-electron chi connectivity index (χ4n) is 9.53. The third-order valence-corrected chi connectivity index (χ3v) is 11.8. The van der Waals surface area contributed by atoms with Crippen LogP contribution in [-0.2, 0) is 0 Å². The Morgan fingerprint density at radius 3 is 2.32 bits per heavy atom. The Labute approximate surface area is 238 Å². The van der Waals surface area contributed by atoms with Crippen molar-refractivity contribution >= 4 is 0 Å². The predicted octanol–water partition coefficient (Wildman–Crippen LogP) is 6.12. The van der Waals surface area contributed by atoms with Crippen LogP contribution in [0.3, 0.4) is 0 Å². The summed E-state index contributed by atoms with van der Waals surface area (Å²) in [7, 11) is 0. The zero-order chi connectivity index (χ0) is 21.7. The van der Waals surface area contributed by atoms with Crippen LogP contribution in [0.4, 0.5) is 0 Å². The maximum Gasteiger partial charge on any atom is 1.00 e. The van der Waals surface area contributed by atoms with Crippen molar-refractivity contribution in [1.29, 1.82) is 0 Å².